The number of carboxylic acid groups (broad SMARTS) is 1. The van der Waals surface area contributed by atoms with Crippen LogP contribution >= 0.6 is 11.6 Å². The van der Waals surface area contributed by atoms with E-state index >= 15 is 0 Å². The van der Waals surface area contributed by atoms with Crippen LogP contribution in [0, 0.1) is 5.41 Å². The van der Waals surface area contributed by atoms with Crippen LogP contribution in [0.2, 0.25) is 5.02 Å². The summed E-state index contributed by atoms with van der Waals surface area (Å²) in [7, 11) is 3.84. The van der Waals surface area contributed by atoms with Crippen LogP contribution in [-0.4, -0.2) is 30.1 Å². The summed E-state index contributed by atoms with van der Waals surface area (Å²) < 4.78 is 0. The number of carbonyl (C=O) groups is 1. The Kier molecular flexibility index (Phi) is 3.15. The molecule has 1 fully saturated rings. The van der Waals surface area contributed by atoms with E-state index in [0.717, 1.165) is 18.4 Å². The van der Waals surface area contributed by atoms with Gasteiger partial charge in [-0.3, -0.25) is 4.79 Å². The van der Waals surface area contributed by atoms with E-state index in [1.165, 1.54) is 0 Å². The van der Waals surface area contributed by atoms with Crippen LogP contribution in [0.25, 0.3) is 0 Å². The fourth-order valence-electron chi connectivity index (χ4n) is 2.50. The molecular formula is C13H16ClNO2. The van der Waals surface area contributed by atoms with Crippen molar-refractivity contribution in [1.29, 1.82) is 0 Å². The van der Waals surface area contributed by atoms with E-state index < -0.39 is 11.4 Å². The van der Waals surface area contributed by atoms with Gasteiger partial charge in [0, 0.05) is 5.02 Å². The number of nitrogens with zero attached hydrogens (tertiary/aromatic N) is 1. The Labute approximate surface area is 106 Å². The largest absolute Gasteiger partial charge is 0.481 e. The van der Waals surface area contributed by atoms with Crippen molar-refractivity contribution in [3.8, 4) is 0 Å². The molecule has 1 unspecified atom stereocenters. The van der Waals surface area contributed by atoms with Crippen molar-refractivity contribution < 1.29 is 9.90 Å². The molecule has 1 aromatic carbocycles. The SMILES string of the molecule is CN(C)C(c1ccc(Cl)cc1)C1(C(=O)O)CC1. The van der Waals surface area contributed by atoms with Gasteiger partial charge in [0.15, 0.2) is 0 Å². The fraction of sp³-hybridized carbons (Fsp3) is 0.462. The predicted octanol–water partition coefficient (Wildman–Crippen LogP) is 2.81. The second kappa shape index (κ2) is 4.31. The molecule has 3 nitrogen and oxygen atoms in total. The minimum absolute atomic E-state index is 0.0859. The maximum absolute atomic E-state index is 11.4. The molecule has 0 heterocycles. The minimum atomic E-state index is -0.703. The maximum atomic E-state index is 11.4. The molecule has 0 amide bonds. The van der Waals surface area contributed by atoms with E-state index in [-0.39, 0.29) is 6.04 Å². The molecule has 1 aromatic rings. The van der Waals surface area contributed by atoms with Gasteiger partial charge in [0.2, 0.25) is 0 Å². The lowest BCUT2D eigenvalue weighted by Crippen LogP contribution is -2.33. The van der Waals surface area contributed by atoms with Crippen LogP contribution in [0.4, 0.5) is 0 Å². The average molecular weight is 254 g/mol. The van der Waals surface area contributed by atoms with E-state index in [9.17, 15) is 9.90 Å². The van der Waals surface area contributed by atoms with Gasteiger partial charge < -0.3 is 10.0 Å². The number of halogens is 1. The predicted molar refractivity (Wildman–Crippen MR) is 67.2 cm³/mol. The molecule has 2 rings (SSSR count). The topological polar surface area (TPSA) is 40.5 Å². The van der Waals surface area contributed by atoms with E-state index in [1.54, 1.807) is 0 Å². The van der Waals surface area contributed by atoms with Gasteiger partial charge in [0.25, 0.3) is 0 Å². The third-order valence-corrected chi connectivity index (χ3v) is 3.69. The number of hydrogen-bond donors (Lipinski definition) is 1. The second-order valence-electron chi connectivity index (χ2n) is 4.88. The molecule has 0 spiro atoms. The maximum Gasteiger partial charge on any atom is 0.311 e. The lowest BCUT2D eigenvalue weighted by atomic mass is 9.89. The second-order valence-corrected chi connectivity index (χ2v) is 5.32. The number of rotatable bonds is 4. The molecule has 1 saturated carbocycles. The molecular weight excluding hydrogens is 238 g/mol. The van der Waals surface area contributed by atoms with Crippen molar-refractivity contribution in [3.05, 3.63) is 34.9 Å². The smallest absolute Gasteiger partial charge is 0.311 e. The number of carboxylic acids is 1. The summed E-state index contributed by atoms with van der Waals surface area (Å²) in [5, 5.41) is 10.1. The zero-order valence-corrected chi connectivity index (χ0v) is 10.7. The van der Waals surface area contributed by atoms with E-state index in [4.69, 9.17) is 11.6 Å². The highest BCUT2D eigenvalue weighted by Crippen LogP contribution is 2.57. The Bertz CT molecular complexity index is 424. The number of hydrogen-bond acceptors (Lipinski definition) is 2. The van der Waals surface area contributed by atoms with Crippen LogP contribution in [0.5, 0.6) is 0 Å². The van der Waals surface area contributed by atoms with Crippen LogP contribution in [0.1, 0.15) is 24.4 Å². The summed E-state index contributed by atoms with van der Waals surface area (Å²) in [5.74, 6) is -0.703. The van der Waals surface area contributed by atoms with Crippen LogP contribution in [0.15, 0.2) is 24.3 Å². The molecule has 1 aliphatic carbocycles. The third kappa shape index (κ3) is 2.17. The Morgan fingerprint density at radius 2 is 1.88 bits per heavy atom. The molecule has 0 radical (unpaired) electrons. The Morgan fingerprint density at radius 1 is 1.35 bits per heavy atom. The summed E-state index contributed by atoms with van der Waals surface area (Å²) >= 11 is 5.86. The van der Waals surface area contributed by atoms with Gasteiger partial charge >= 0.3 is 5.97 Å². The van der Waals surface area contributed by atoms with Crippen molar-refractivity contribution in [2.75, 3.05) is 14.1 Å². The first-order chi connectivity index (χ1) is 7.97. The summed E-state index contributed by atoms with van der Waals surface area (Å²) in [6, 6.07) is 7.36. The van der Waals surface area contributed by atoms with Crippen LogP contribution in [-0.2, 0) is 4.79 Å². The molecule has 0 aromatic heterocycles. The molecule has 17 heavy (non-hydrogen) atoms. The van der Waals surface area contributed by atoms with Gasteiger partial charge in [-0.25, -0.2) is 0 Å². The van der Waals surface area contributed by atoms with Gasteiger partial charge in [-0.15, -0.1) is 0 Å². The Balaban J connectivity index is 2.36. The zero-order chi connectivity index (χ0) is 12.6. The summed E-state index contributed by atoms with van der Waals surface area (Å²) in [4.78, 5) is 13.4. The zero-order valence-electron chi connectivity index (χ0n) is 9.98. The first-order valence-electron chi connectivity index (χ1n) is 5.63. The van der Waals surface area contributed by atoms with Crippen molar-refractivity contribution in [3.63, 3.8) is 0 Å². The van der Waals surface area contributed by atoms with Crippen molar-refractivity contribution in [1.82, 2.24) is 4.90 Å². The minimum Gasteiger partial charge on any atom is -0.481 e. The highest BCUT2D eigenvalue weighted by molar-refractivity contribution is 6.30. The average Bonchev–Trinajstić information content (AvgIpc) is 3.02. The number of benzene rings is 1. The van der Waals surface area contributed by atoms with E-state index in [1.807, 2.05) is 43.3 Å². The molecule has 4 heteroatoms. The van der Waals surface area contributed by atoms with Crippen LogP contribution < -0.4 is 0 Å². The summed E-state index contributed by atoms with van der Waals surface area (Å²) in [5.41, 5.74) is 0.399. The first kappa shape index (κ1) is 12.4. The first-order valence-corrected chi connectivity index (χ1v) is 6.00. The Hall–Kier alpha value is -1.06. The van der Waals surface area contributed by atoms with E-state index in [2.05, 4.69) is 0 Å². The molecule has 0 aliphatic heterocycles. The molecule has 1 atom stereocenters. The van der Waals surface area contributed by atoms with Crippen molar-refractivity contribution in [2.45, 2.75) is 18.9 Å². The number of aliphatic carboxylic acids is 1. The van der Waals surface area contributed by atoms with E-state index in [0.29, 0.717) is 5.02 Å². The molecule has 0 bridgehead atoms. The monoisotopic (exact) mass is 253 g/mol. The van der Waals surface area contributed by atoms with Crippen LogP contribution in [0.3, 0.4) is 0 Å². The molecule has 1 N–H and O–H groups in total. The van der Waals surface area contributed by atoms with Gasteiger partial charge in [0.1, 0.15) is 0 Å². The summed E-state index contributed by atoms with van der Waals surface area (Å²) in [6.07, 6.45) is 1.49. The lowest BCUT2D eigenvalue weighted by Gasteiger charge is -2.30. The molecule has 1 aliphatic rings. The highest BCUT2D eigenvalue weighted by Gasteiger charge is 2.57. The standard InChI is InChI=1S/C13H16ClNO2/c1-15(2)11(13(7-8-13)12(16)17)9-3-5-10(14)6-4-9/h3-6,11H,7-8H2,1-2H3,(H,16,17). The van der Waals surface area contributed by atoms with Crippen molar-refractivity contribution in [2.24, 2.45) is 5.41 Å². The molecule has 92 valence electrons. The molecule has 0 saturated heterocycles. The third-order valence-electron chi connectivity index (χ3n) is 3.44. The normalized spacial score (nSPS) is 19.1. The van der Waals surface area contributed by atoms with Gasteiger partial charge in [-0.2, -0.15) is 0 Å². The van der Waals surface area contributed by atoms with Crippen molar-refractivity contribution >= 4 is 17.6 Å². The van der Waals surface area contributed by atoms with Gasteiger partial charge in [-0.1, -0.05) is 23.7 Å². The summed E-state index contributed by atoms with van der Waals surface area (Å²) in [6.45, 7) is 0. The van der Waals surface area contributed by atoms with Gasteiger partial charge in [-0.05, 0) is 44.6 Å². The van der Waals surface area contributed by atoms with Gasteiger partial charge in [0.05, 0.1) is 11.5 Å². The highest BCUT2D eigenvalue weighted by atomic mass is 35.5. The quantitative estimate of drug-likeness (QED) is 0.897. The lowest BCUT2D eigenvalue weighted by molar-refractivity contribution is -0.146. The Morgan fingerprint density at radius 3 is 2.24 bits per heavy atom. The fourth-order valence-corrected chi connectivity index (χ4v) is 2.62.